The zero-order valence-corrected chi connectivity index (χ0v) is 13.5. The van der Waals surface area contributed by atoms with Crippen LogP contribution in [0.1, 0.15) is 0 Å². The fraction of sp³-hybridized carbons (Fsp3) is 0.188. The molecule has 2 amide bonds. The highest BCUT2D eigenvalue weighted by Gasteiger charge is 2.14. The van der Waals surface area contributed by atoms with Gasteiger partial charge in [-0.15, -0.1) is 0 Å². The third-order valence-corrected chi connectivity index (χ3v) is 4.85. The molecule has 0 saturated heterocycles. The first-order valence-electron chi connectivity index (χ1n) is 6.98. The van der Waals surface area contributed by atoms with Crippen LogP contribution in [0.4, 0.5) is 10.5 Å². The summed E-state index contributed by atoms with van der Waals surface area (Å²) in [6.45, 7) is 0.0121. The van der Waals surface area contributed by atoms with E-state index in [1.54, 1.807) is 42.5 Å². The van der Waals surface area contributed by atoms with Crippen molar-refractivity contribution < 1.29 is 17.9 Å². The molecule has 0 saturated carbocycles. The lowest BCUT2D eigenvalue weighted by Gasteiger charge is -2.11. The van der Waals surface area contributed by atoms with Crippen LogP contribution in [0.3, 0.4) is 0 Å². The van der Waals surface area contributed by atoms with Crippen LogP contribution in [0.5, 0.6) is 5.75 Å². The Kier molecular flexibility index (Phi) is 5.59. The van der Waals surface area contributed by atoms with E-state index in [4.69, 9.17) is 4.74 Å². The Hall–Kier alpha value is -2.54. The van der Waals surface area contributed by atoms with Gasteiger partial charge in [0.25, 0.3) is 0 Å². The number of benzene rings is 2. The first-order valence-corrected chi connectivity index (χ1v) is 8.64. The Balaban J connectivity index is 1.88. The number of sulfone groups is 1. The van der Waals surface area contributed by atoms with Crippen molar-refractivity contribution in [2.24, 2.45) is 0 Å². The Bertz CT molecular complexity index is 761. The van der Waals surface area contributed by atoms with E-state index in [0.29, 0.717) is 11.4 Å². The molecule has 0 aliphatic rings. The van der Waals surface area contributed by atoms with E-state index < -0.39 is 15.9 Å². The monoisotopic (exact) mass is 334 g/mol. The normalized spacial score (nSPS) is 10.8. The van der Waals surface area contributed by atoms with Crippen LogP contribution in [0, 0.1) is 0 Å². The van der Waals surface area contributed by atoms with Gasteiger partial charge in [-0.1, -0.05) is 30.3 Å². The number of rotatable bonds is 6. The smallest absolute Gasteiger partial charge is 0.319 e. The van der Waals surface area contributed by atoms with Gasteiger partial charge in [0.2, 0.25) is 0 Å². The molecule has 0 radical (unpaired) electrons. The summed E-state index contributed by atoms with van der Waals surface area (Å²) < 4.78 is 29.3. The molecular weight excluding hydrogens is 316 g/mol. The molecule has 0 aliphatic heterocycles. The summed E-state index contributed by atoms with van der Waals surface area (Å²) in [5.74, 6) is 0.357. The molecule has 0 spiro atoms. The fourth-order valence-corrected chi connectivity index (χ4v) is 3.14. The molecule has 0 aromatic heterocycles. The minimum Gasteiger partial charge on any atom is -0.495 e. The molecule has 2 aromatic carbocycles. The summed E-state index contributed by atoms with van der Waals surface area (Å²) in [5, 5.41) is 5.14. The number of anilines is 1. The molecule has 23 heavy (non-hydrogen) atoms. The SMILES string of the molecule is COc1ccccc1NC(=O)NCCS(=O)(=O)c1ccccc1. The summed E-state index contributed by atoms with van der Waals surface area (Å²) in [5.41, 5.74) is 0.512. The van der Waals surface area contributed by atoms with Crippen molar-refractivity contribution in [3.8, 4) is 5.75 Å². The molecule has 2 rings (SSSR count). The molecule has 6 nitrogen and oxygen atoms in total. The zero-order chi connectivity index (χ0) is 16.7. The first-order chi connectivity index (χ1) is 11.0. The molecule has 7 heteroatoms. The third kappa shape index (κ3) is 4.72. The second kappa shape index (κ2) is 7.64. The number of nitrogens with one attached hydrogen (secondary N) is 2. The van der Waals surface area contributed by atoms with Crippen molar-refractivity contribution in [3.63, 3.8) is 0 Å². The maximum absolute atomic E-state index is 12.1. The van der Waals surface area contributed by atoms with Crippen LogP contribution in [0.2, 0.25) is 0 Å². The molecule has 0 aliphatic carbocycles. The Morgan fingerprint density at radius 3 is 2.39 bits per heavy atom. The number of ether oxygens (including phenoxy) is 1. The number of carbonyl (C=O) groups is 1. The van der Waals surface area contributed by atoms with Gasteiger partial charge >= 0.3 is 6.03 Å². The minimum absolute atomic E-state index is 0.0121. The van der Waals surface area contributed by atoms with Crippen molar-refractivity contribution in [3.05, 3.63) is 54.6 Å². The van der Waals surface area contributed by atoms with Crippen LogP contribution >= 0.6 is 0 Å². The summed E-state index contributed by atoms with van der Waals surface area (Å²) in [7, 11) is -1.90. The standard InChI is InChI=1S/C16H18N2O4S/c1-22-15-10-6-5-9-14(15)18-16(19)17-11-12-23(20,21)13-7-3-2-4-8-13/h2-10H,11-12H2,1H3,(H2,17,18,19). The maximum atomic E-state index is 12.1. The van der Waals surface area contributed by atoms with Crippen LogP contribution in [-0.4, -0.2) is 33.9 Å². The molecule has 0 unspecified atom stereocenters. The maximum Gasteiger partial charge on any atom is 0.319 e. The molecule has 0 bridgehead atoms. The van der Waals surface area contributed by atoms with E-state index in [9.17, 15) is 13.2 Å². The number of carbonyl (C=O) groups excluding carboxylic acids is 1. The van der Waals surface area contributed by atoms with Gasteiger partial charge < -0.3 is 15.4 Å². The largest absolute Gasteiger partial charge is 0.495 e. The summed E-state index contributed by atoms with van der Waals surface area (Å²) in [4.78, 5) is 12.1. The zero-order valence-electron chi connectivity index (χ0n) is 12.7. The quantitative estimate of drug-likeness (QED) is 0.849. The molecule has 122 valence electrons. The van der Waals surface area contributed by atoms with Gasteiger partial charge in [0, 0.05) is 6.54 Å². The molecular formula is C16H18N2O4S. The van der Waals surface area contributed by atoms with Gasteiger partial charge in [-0.2, -0.15) is 0 Å². The lowest BCUT2D eigenvalue weighted by molar-refractivity contribution is 0.252. The summed E-state index contributed by atoms with van der Waals surface area (Å²) in [6, 6.07) is 14.6. The van der Waals surface area contributed by atoms with E-state index in [1.807, 2.05) is 0 Å². The highest BCUT2D eigenvalue weighted by Crippen LogP contribution is 2.22. The van der Waals surface area contributed by atoms with Gasteiger partial charge in [0.05, 0.1) is 23.4 Å². The van der Waals surface area contributed by atoms with Gasteiger partial charge in [-0.25, -0.2) is 13.2 Å². The van der Waals surface area contributed by atoms with Crippen molar-refractivity contribution >= 4 is 21.6 Å². The number of hydrogen-bond donors (Lipinski definition) is 2. The third-order valence-electron chi connectivity index (χ3n) is 3.11. The topological polar surface area (TPSA) is 84.5 Å². The van der Waals surface area contributed by atoms with Crippen molar-refractivity contribution in [2.45, 2.75) is 4.90 Å². The molecule has 2 aromatic rings. The number of hydrogen-bond acceptors (Lipinski definition) is 4. The highest BCUT2D eigenvalue weighted by molar-refractivity contribution is 7.91. The Morgan fingerprint density at radius 2 is 1.70 bits per heavy atom. The van der Waals surface area contributed by atoms with Crippen molar-refractivity contribution in [2.75, 3.05) is 24.7 Å². The van der Waals surface area contributed by atoms with E-state index in [1.165, 1.54) is 19.2 Å². The van der Waals surface area contributed by atoms with E-state index >= 15 is 0 Å². The highest BCUT2D eigenvalue weighted by atomic mass is 32.2. The second-order valence-electron chi connectivity index (χ2n) is 4.71. The molecule has 0 heterocycles. The van der Waals surface area contributed by atoms with Gasteiger partial charge in [0.15, 0.2) is 9.84 Å². The van der Waals surface area contributed by atoms with E-state index in [0.717, 1.165) is 0 Å². The molecule has 0 fully saturated rings. The van der Waals surface area contributed by atoms with E-state index in [-0.39, 0.29) is 17.2 Å². The lowest BCUT2D eigenvalue weighted by atomic mass is 10.3. The predicted octanol–water partition coefficient (Wildman–Crippen LogP) is 2.29. The van der Waals surface area contributed by atoms with Crippen LogP contribution in [-0.2, 0) is 9.84 Å². The number of para-hydroxylation sites is 2. The Morgan fingerprint density at radius 1 is 1.04 bits per heavy atom. The van der Waals surface area contributed by atoms with Gasteiger partial charge in [0.1, 0.15) is 5.75 Å². The summed E-state index contributed by atoms with van der Waals surface area (Å²) >= 11 is 0. The van der Waals surface area contributed by atoms with Crippen molar-refractivity contribution in [1.82, 2.24) is 5.32 Å². The first kappa shape index (κ1) is 16.8. The van der Waals surface area contributed by atoms with Crippen LogP contribution in [0.15, 0.2) is 59.5 Å². The number of urea groups is 1. The minimum atomic E-state index is -3.41. The average molecular weight is 334 g/mol. The van der Waals surface area contributed by atoms with Gasteiger partial charge in [-0.3, -0.25) is 0 Å². The predicted molar refractivity (Wildman–Crippen MR) is 88.5 cm³/mol. The number of methoxy groups -OCH3 is 1. The average Bonchev–Trinajstić information content (AvgIpc) is 2.56. The number of amides is 2. The summed E-state index contributed by atoms with van der Waals surface area (Å²) in [6.07, 6.45) is 0. The van der Waals surface area contributed by atoms with Gasteiger partial charge in [-0.05, 0) is 24.3 Å². The molecule has 0 atom stereocenters. The lowest BCUT2D eigenvalue weighted by Crippen LogP contribution is -2.32. The fourth-order valence-electron chi connectivity index (χ4n) is 1.96. The van der Waals surface area contributed by atoms with Crippen LogP contribution < -0.4 is 15.4 Å². The van der Waals surface area contributed by atoms with Crippen LogP contribution in [0.25, 0.3) is 0 Å². The van der Waals surface area contributed by atoms with E-state index in [2.05, 4.69) is 10.6 Å². The van der Waals surface area contributed by atoms with Crippen molar-refractivity contribution in [1.29, 1.82) is 0 Å². The Labute approximate surface area is 135 Å². The second-order valence-corrected chi connectivity index (χ2v) is 6.82. The molecule has 2 N–H and O–H groups in total.